The number of hydrogen-bond acceptors (Lipinski definition) is 5. The zero-order valence-corrected chi connectivity index (χ0v) is 28.8. The summed E-state index contributed by atoms with van der Waals surface area (Å²) in [5.74, 6) is -0.945. The van der Waals surface area contributed by atoms with Gasteiger partial charge in [0.15, 0.2) is 0 Å². The Morgan fingerprint density at radius 3 is 2.52 bits per heavy atom. The zero-order chi connectivity index (χ0) is 34.2. The minimum Gasteiger partial charge on any atom is -0.380 e. The van der Waals surface area contributed by atoms with Gasteiger partial charge < -0.3 is 30.6 Å². The number of fused-ring (bicyclic) bond motifs is 1. The summed E-state index contributed by atoms with van der Waals surface area (Å²) in [6.45, 7) is 6.90. The summed E-state index contributed by atoms with van der Waals surface area (Å²) in [6.07, 6.45) is 5.20. The van der Waals surface area contributed by atoms with Gasteiger partial charge in [-0.3, -0.25) is 9.59 Å². The number of benzene rings is 2. The van der Waals surface area contributed by atoms with E-state index in [-0.39, 0.29) is 47.4 Å². The summed E-state index contributed by atoms with van der Waals surface area (Å²) >= 11 is 6.61. The molecule has 1 saturated heterocycles. The van der Waals surface area contributed by atoms with E-state index in [0.717, 1.165) is 37.7 Å². The van der Waals surface area contributed by atoms with Crippen LogP contribution < -0.4 is 16.0 Å². The van der Waals surface area contributed by atoms with Gasteiger partial charge in [0.05, 0.1) is 29.1 Å². The Bertz CT molecular complexity index is 1640. The number of carbonyl (C=O) groups is 3. The lowest BCUT2D eigenvalue weighted by Crippen LogP contribution is -2.57. The van der Waals surface area contributed by atoms with E-state index in [1.54, 1.807) is 24.1 Å². The third-order valence-electron chi connectivity index (χ3n) is 10.4. The number of rotatable bonds is 12. The van der Waals surface area contributed by atoms with Crippen molar-refractivity contribution < 1.29 is 23.5 Å². The van der Waals surface area contributed by atoms with Gasteiger partial charge in [0.25, 0.3) is 0 Å². The third-order valence-corrected chi connectivity index (χ3v) is 10.8. The standard InChI is InChI=1S/C36H46ClFN6O4/c1-5-39-33(45)30(21-8-6-9-21)42-34(46)36(16-17-48-19-36)22-12-15-26-27(18-22)41-32(40-26)31(43-35(47)44(4)23-13-14-23)28(20(2)3)29-24(37)10-7-11-25(29)38/h7,10-12,15,18,20-21,23,28,30-31H,5-6,8-9,13-14,16-17,19H2,1-4H3,(H,39,45)(H,40,41)(H,42,46)(H,43,47)/t28?,30-,31?,36?/m1/s1. The fraction of sp³-hybridized carbons (Fsp3) is 0.556. The molecule has 0 spiro atoms. The first-order chi connectivity index (χ1) is 23.0. The van der Waals surface area contributed by atoms with Crippen molar-refractivity contribution in [3.63, 3.8) is 0 Å². The van der Waals surface area contributed by atoms with Crippen LogP contribution in [0.1, 0.15) is 88.2 Å². The highest BCUT2D eigenvalue weighted by molar-refractivity contribution is 6.31. The van der Waals surface area contributed by atoms with Crippen molar-refractivity contribution in [3.8, 4) is 0 Å². The van der Waals surface area contributed by atoms with Crippen molar-refractivity contribution in [2.75, 3.05) is 26.8 Å². The van der Waals surface area contributed by atoms with E-state index in [1.807, 2.05) is 39.0 Å². The van der Waals surface area contributed by atoms with Crippen LogP contribution in [0.15, 0.2) is 36.4 Å². The maximum atomic E-state index is 15.5. The highest BCUT2D eigenvalue weighted by atomic mass is 35.5. The number of amides is 4. The van der Waals surface area contributed by atoms with E-state index in [1.165, 1.54) is 6.07 Å². The predicted octanol–water partition coefficient (Wildman–Crippen LogP) is 5.72. The molecule has 3 unspecified atom stereocenters. The maximum Gasteiger partial charge on any atom is 0.317 e. The number of imidazole rings is 1. The van der Waals surface area contributed by atoms with Crippen LogP contribution in [0.25, 0.3) is 11.0 Å². The van der Waals surface area contributed by atoms with Crippen molar-refractivity contribution >= 4 is 40.5 Å². The molecule has 2 aliphatic carbocycles. The average Bonchev–Trinajstić information content (AvgIpc) is 3.59. The number of urea groups is 1. The van der Waals surface area contributed by atoms with Crippen molar-refractivity contribution in [3.05, 3.63) is 64.2 Å². The molecule has 1 aliphatic heterocycles. The Balaban J connectivity index is 1.36. The van der Waals surface area contributed by atoms with E-state index < -0.39 is 29.2 Å². The first-order valence-electron chi connectivity index (χ1n) is 17.2. The van der Waals surface area contributed by atoms with Crippen LogP contribution in [-0.2, 0) is 19.7 Å². The zero-order valence-electron chi connectivity index (χ0n) is 28.1. The predicted molar refractivity (Wildman–Crippen MR) is 182 cm³/mol. The summed E-state index contributed by atoms with van der Waals surface area (Å²) in [5, 5.41) is 9.42. The van der Waals surface area contributed by atoms with E-state index in [2.05, 4.69) is 20.9 Å². The summed E-state index contributed by atoms with van der Waals surface area (Å²) in [5.41, 5.74) is 1.37. The molecule has 3 aliphatic rings. The van der Waals surface area contributed by atoms with Gasteiger partial charge in [-0.1, -0.05) is 44.0 Å². The molecule has 0 radical (unpaired) electrons. The molecule has 48 heavy (non-hydrogen) atoms. The minimum absolute atomic E-state index is 0.112. The summed E-state index contributed by atoms with van der Waals surface area (Å²) in [7, 11) is 1.77. The molecule has 4 atom stereocenters. The lowest BCUT2D eigenvalue weighted by Gasteiger charge is -2.36. The van der Waals surface area contributed by atoms with Gasteiger partial charge >= 0.3 is 6.03 Å². The van der Waals surface area contributed by atoms with Crippen LogP contribution in [0.5, 0.6) is 0 Å². The van der Waals surface area contributed by atoms with E-state index in [4.69, 9.17) is 21.3 Å². The van der Waals surface area contributed by atoms with Gasteiger partial charge in [-0.05, 0) is 80.7 Å². The Kier molecular flexibility index (Phi) is 9.99. The molecule has 6 rings (SSSR count). The number of nitrogens with one attached hydrogen (secondary N) is 4. The molecular weight excluding hydrogens is 635 g/mol. The van der Waals surface area contributed by atoms with Crippen molar-refractivity contribution in [2.24, 2.45) is 11.8 Å². The second-order valence-corrected chi connectivity index (χ2v) is 14.4. The number of halogens is 2. The van der Waals surface area contributed by atoms with Crippen LogP contribution in [0.4, 0.5) is 9.18 Å². The fourth-order valence-corrected chi connectivity index (χ4v) is 7.51. The molecule has 3 fully saturated rings. The number of H-pyrrole nitrogens is 1. The normalized spacial score (nSPS) is 21.4. The molecule has 4 N–H and O–H groups in total. The van der Waals surface area contributed by atoms with Crippen LogP contribution in [0, 0.1) is 17.7 Å². The molecule has 12 heteroatoms. The number of nitrogens with zero attached hydrogens (tertiary/aromatic N) is 2. The SMILES string of the molecule is CCNC(=O)[C@H](NC(=O)C1(c2ccc3nc(C(NC(=O)N(C)C4CC4)C(c4c(F)cccc4Cl)C(C)C)[nH]c3c2)CCOC1)C1CCC1. The second-order valence-electron chi connectivity index (χ2n) is 13.9. The fourth-order valence-electron chi connectivity index (χ4n) is 7.22. The van der Waals surface area contributed by atoms with Crippen LogP contribution >= 0.6 is 11.6 Å². The topological polar surface area (TPSA) is 128 Å². The van der Waals surface area contributed by atoms with Gasteiger partial charge in [0.2, 0.25) is 11.8 Å². The first-order valence-corrected chi connectivity index (χ1v) is 17.6. The Hall–Kier alpha value is -3.70. The second kappa shape index (κ2) is 14.0. The highest BCUT2D eigenvalue weighted by Gasteiger charge is 2.47. The van der Waals surface area contributed by atoms with Gasteiger partial charge in [0.1, 0.15) is 17.7 Å². The van der Waals surface area contributed by atoms with Crippen molar-refractivity contribution in [2.45, 2.75) is 88.8 Å². The van der Waals surface area contributed by atoms with E-state index in [9.17, 15) is 14.4 Å². The summed E-state index contributed by atoms with van der Waals surface area (Å²) in [6, 6.07) is 8.81. The number of hydrogen-bond donors (Lipinski definition) is 4. The Morgan fingerprint density at radius 2 is 1.92 bits per heavy atom. The molecular formula is C36H46ClFN6O4. The van der Waals surface area contributed by atoms with E-state index in [0.29, 0.717) is 42.0 Å². The molecule has 10 nitrogen and oxygen atoms in total. The van der Waals surface area contributed by atoms with Crippen molar-refractivity contribution in [1.29, 1.82) is 0 Å². The van der Waals surface area contributed by atoms with Gasteiger partial charge in [-0.2, -0.15) is 0 Å². The third kappa shape index (κ3) is 6.63. The molecule has 1 aromatic heterocycles. The molecule has 258 valence electrons. The first kappa shape index (κ1) is 34.2. The molecule has 0 bridgehead atoms. The quantitative estimate of drug-likeness (QED) is 0.195. The lowest BCUT2D eigenvalue weighted by molar-refractivity contribution is -0.134. The molecule has 3 aromatic rings. The van der Waals surface area contributed by atoms with Crippen molar-refractivity contribution in [1.82, 2.24) is 30.8 Å². The van der Waals surface area contributed by atoms with Gasteiger partial charge in [0, 0.05) is 42.7 Å². The van der Waals surface area contributed by atoms with Crippen LogP contribution in [0.2, 0.25) is 5.02 Å². The van der Waals surface area contributed by atoms with Crippen LogP contribution in [0.3, 0.4) is 0 Å². The van der Waals surface area contributed by atoms with E-state index >= 15 is 4.39 Å². The number of aromatic nitrogens is 2. The highest BCUT2D eigenvalue weighted by Crippen LogP contribution is 2.42. The Morgan fingerprint density at radius 1 is 1.15 bits per heavy atom. The lowest BCUT2D eigenvalue weighted by atomic mass is 9.76. The number of ether oxygens (including phenoxy) is 1. The van der Waals surface area contributed by atoms with Gasteiger partial charge in [-0.25, -0.2) is 14.2 Å². The summed E-state index contributed by atoms with van der Waals surface area (Å²) in [4.78, 5) is 50.6. The maximum absolute atomic E-state index is 15.5. The smallest absolute Gasteiger partial charge is 0.317 e. The largest absolute Gasteiger partial charge is 0.380 e. The number of carbonyl (C=O) groups excluding carboxylic acids is 3. The van der Waals surface area contributed by atoms with Crippen LogP contribution in [-0.4, -0.2) is 71.6 Å². The monoisotopic (exact) mass is 680 g/mol. The summed E-state index contributed by atoms with van der Waals surface area (Å²) < 4.78 is 21.3. The minimum atomic E-state index is -0.990. The average molecular weight is 681 g/mol. The van der Waals surface area contributed by atoms with Gasteiger partial charge in [-0.15, -0.1) is 0 Å². The molecule has 2 saturated carbocycles. The molecule has 2 aromatic carbocycles. The molecule has 2 heterocycles. The number of likely N-dealkylation sites (N-methyl/N-ethyl adjacent to an activating group) is 1. The number of aromatic amines is 1. The Labute approximate surface area is 285 Å². The molecule has 4 amide bonds.